The SMILES string of the molecule is O=COCC(O)C(=O)OCC(O)COc1ccccc1. The van der Waals surface area contributed by atoms with Crippen molar-refractivity contribution in [2.45, 2.75) is 12.2 Å². The zero-order valence-electron chi connectivity index (χ0n) is 10.7. The van der Waals surface area contributed by atoms with Gasteiger partial charge in [0.05, 0.1) is 0 Å². The van der Waals surface area contributed by atoms with Crippen LogP contribution in [0.4, 0.5) is 0 Å². The topological polar surface area (TPSA) is 102 Å². The maximum absolute atomic E-state index is 11.2. The summed E-state index contributed by atoms with van der Waals surface area (Å²) in [4.78, 5) is 21.1. The molecule has 0 aromatic heterocycles. The molecule has 2 N–H and O–H groups in total. The van der Waals surface area contributed by atoms with Crippen LogP contribution in [0.5, 0.6) is 5.75 Å². The number of benzene rings is 1. The van der Waals surface area contributed by atoms with Crippen molar-refractivity contribution < 1.29 is 34.0 Å². The predicted molar refractivity (Wildman–Crippen MR) is 66.9 cm³/mol. The van der Waals surface area contributed by atoms with E-state index in [1.807, 2.05) is 6.07 Å². The molecule has 0 saturated heterocycles. The van der Waals surface area contributed by atoms with Gasteiger partial charge in [0, 0.05) is 0 Å². The fourth-order valence-corrected chi connectivity index (χ4v) is 1.23. The van der Waals surface area contributed by atoms with Gasteiger partial charge in [0.2, 0.25) is 0 Å². The molecule has 1 aromatic rings. The molecule has 0 bridgehead atoms. The maximum Gasteiger partial charge on any atom is 0.338 e. The molecule has 7 heteroatoms. The van der Waals surface area contributed by atoms with Crippen LogP contribution in [0.25, 0.3) is 0 Å². The van der Waals surface area contributed by atoms with Gasteiger partial charge in [0.25, 0.3) is 6.47 Å². The number of carbonyl (C=O) groups excluding carboxylic acids is 2. The van der Waals surface area contributed by atoms with Crippen molar-refractivity contribution in [2.75, 3.05) is 19.8 Å². The summed E-state index contributed by atoms with van der Waals surface area (Å²) in [5.74, 6) is -0.400. The lowest BCUT2D eigenvalue weighted by molar-refractivity contribution is -0.160. The van der Waals surface area contributed by atoms with E-state index in [4.69, 9.17) is 4.74 Å². The largest absolute Gasteiger partial charge is 0.491 e. The highest BCUT2D eigenvalue weighted by molar-refractivity contribution is 5.74. The Labute approximate surface area is 115 Å². The molecule has 0 amide bonds. The number of esters is 1. The van der Waals surface area contributed by atoms with Crippen molar-refractivity contribution >= 4 is 12.4 Å². The van der Waals surface area contributed by atoms with Crippen molar-refractivity contribution in [1.82, 2.24) is 0 Å². The summed E-state index contributed by atoms with van der Waals surface area (Å²) in [6.45, 7) is -0.764. The molecule has 0 saturated carbocycles. The first-order valence-corrected chi connectivity index (χ1v) is 5.89. The van der Waals surface area contributed by atoms with E-state index in [0.29, 0.717) is 5.75 Å². The lowest BCUT2D eigenvalue weighted by Crippen LogP contribution is -2.32. The molecular weight excluding hydrogens is 268 g/mol. The number of rotatable bonds is 9. The van der Waals surface area contributed by atoms with Crippen molar-refractivity contribution in [3.63, 3.8) is 0 Å². The Morgan fingerprint density at radius 3 is 2.50 bits per heavy atom. The Morgan fingerprint density at radius 1 is 1.15 bits per heavy atom. The molecule has 0 aliphatic heterocycles. The normalized spacial score (nSPS) is 13.1. The third kappa shape index (κ3) is 6.17. The van der Waals surface area contributed by atoms with Crippen molar-refractivity contribution in [3.8, 4) is 5.75 Å². The monoisotopic (exact) mass is 284 g/mol. The minimum atomic E-state index is -1.57. The Balaban J connectivity index is 2.20. The number of para-hydroxylation sites is 1. The first-order chi connectivity index (χ1) is 9.63. The van der Waals surface area contributed by atoms with Gasteiger partial charge in [0.1, 0.15) is 31.7 Å². The van der Waals surface area contributed by atoms with Crippen LogP contribution < -0.4 is 4.74 Å². The van der Waals surface area contributed by atoms with Crippen LogP contribution in [0.3, 0.4) is 0 Å². The van der Waals surface area contributed by atoms with Crippen molar-refractivity contribution in [3.05, 3.63) is 30.3 Å². The van der Waals surface area contributed by atoms with Crippen LogP contribution in [0.1, 0.15) is 0 Å². The van der Waals surface area contributed by atoms with Gasteiger partial charge in [0.15, 0.2) is 6.10 Å². The zero-order chi connectivity index (χ0) is 14.8. The van der Waals surface area contributed by atoms with E-state index in [0.717, 1.165) is 0 Å². The maximum atomic E-state index is 11.2. The number of aliphatic hydroxyl groups is 2. The second-order valence-electron chi connectivity index (χ2n) is 3.85. The van der Waals surface area contributed by atoms with Gasteiger partial charge >= 0.3 is 5.97 Å². The van der Waals surface area contributed by atoms with E-state index in [9.17, 15) is 19.8 Å². The van der Waals surface area contributed by atoms with Gasteiger partial charge in [-0.2, -0.15) is 0 Å². The Kier molecular flexibility index (Phi) is 7.08. The first-order valence-electron chi connectivity index (χ1n) is 5.89. The second-order valence-corrected chi connectivity index (χ2v) is 3.85. The minimum absolute atomic E-state index is 0.0573. The summed E-state index contributed by atoms with van der Waals surface area (Å²) < 4.78 is 14.1. The third-order valence-corrected chi connectivity index (χ3v) is 2.20. The van der Waals surface area contributed by atoms with Gasteiger partial charge in [-0.05, 0) is 12.1 Å². The summed E-state index contributed by atoms with van der Waals surface area (Å²) in [6.07, 6.45) is -2.60. The van der Waals surface area contributed by atoms with Crippen LogP contribution in [0, 0.1) is 0 Å². The van der Waals surface area contributed by atoms with Crippen LogP contribution in [-0.2, 0) is 19.1 Å². The highest BCUT2D eigenvalue weighted by Crippen LogP contribution is 2.08. The molecular formula is C13H16O7. The molecule has 0 spiro atoms. The van der Waals surface area contributed by atoms with Crippen LogP contribution in [0.15, 0.2) is 30.3 Å². The van der Waals surface area contributed by atoms with E-state index >= 15 is 0 Å². The van der Waals surface area contributed by atoms with Gasteiger partial charge < -0.3 is 24.4 Å². The van der Waals surface area contributed by atoms with Crippen LogP contribution in [0.2, 0.25) is 0 Å². The fraction of sp³-hybridized carbons (Fsp3) is 0.385. The van der Waals surface area contributed by atoms with Crippen LogP contribution in [-0.4, -0.2) is 54.7 Å². The van der Waals surface area contributed by atoms with Gasteiger partial charge in [-0.3, -0.25) is 4.79 Å². The lowest BCUT2D eigenvalue weighted by atomic mass is 10.3. The molecule has 110 valence electrons. The summed E-state index contributed by atoms with van der Waals surface area (Å²) in [5.41, 5.74) is 0. The van der Waals surface area contributed by atoms with Gasteiger partial charge in [-0.25, -0.2) is 4.79 Å². The molecule has 0 heterocycles. The first kappa shape index (κ1) is 15.9. The second kappa shape index (κ2) is 8.89. The molecule has 2 unspecified atom stereocenters. The molecule has 0 fully saturated rings. The highest BCUT2D eigenvalue weighted by atomic mass is 16.6. The Morgan fingerprint density at radius 2 is 1.85 bits per heavy atom. The summed E-state index contributed by atoms with van der Waals surface area (Å²) in [6, 6.07) is 8.84. The molecule has 0 aliphatic rings. The standard InChI is InChI=1S/C13H16O7/c14-9-18-8-12(16)13(17)20-7-10(15)6-19-11-4-2-1-3-5-11/h1-5,9-10,12,15-16H,6-8H2. The minimum Gasteiger partial charge on any atom is -0.491 e. The molecule has 2 atom stereocenters. The van der Waals surface area contributed by atoms with E-state index in [1.54, 1.807) is 24.3 Å². The molecule has 20 heavy (non-hydrogen) atoms. The number of hydrogen-bond acceptors (Lipinski definition) is 7. The number of hydrogen-bond donors (Lipinski definition) is 2. The van der Waals surface area contributed by atoms with Gasteiger partial charge in [-0.15, -0.1) is 0 Å². The summed E-state index contributed by atoms with van der Waals surface area (Å²) in [7, 11) is 0. The van der Waals surface area contributed by atoms with Crippen molar-refractivity contribution in [2.24, 2.45) is 0 Å². The molecule has 7 nitrogen and oxygen atoms in total. The van der Waals surface area contributed by atoms with E-state index in [-0.39, 0.29) is 19.7 Å². The average Bonchev–Trinajstić information content (AvgIpc) is 2.49. The van der Waals surface area contributed by atoms with E-state index in [1.165, 1.54) is 0 Å². The summed E-state index contributed by atoms with van der Waals surface area (Å²) in [5, 5.41) is 18.7. The van der Waals surface area contributed by atoms with Gasteiger partial charge in [-0.1, -0.05) is 18.2 Å². The smallest absolute Gasteiger partial charge is 0.338 e. The quantitative estimate of drug-likeness (QED) is 0.465. The number of carbonyl (C=O) groups is 2. The third-order valence-electron chi connectivity index (χ3n) is 2.20. The Bertz CT molecular complexity index is 406. The molecule has 0 aliphatic carbocycles. The number of ether oxygens (including phenoxy) is 3. The lowest BCUT2D eigenvalue weighted by Gasteiger charge is -2.14. The molecule has 1 aromatic carbocycles. The summed E-state index contributed by atoms with van der Waals surface area (Å²) >= 11 is 0. The van der Waals surface area contributed by atoms with E-state index in [2.05, 4.69) is 9.47 Å². The van der Waals surface area contributed by atoms with Crippen LogP contribution >= 0.6 is 0 Å². The zero-order valence-corrected chi connectivity index (χ0v) is 10.7. The van der Waals surface area contributed by atoms with E-state index < -0.39 is 24.8 Å². The fourth-order valence-electron chi connectivity index (χ4n) is 1.23. The van der Waals surface area contributed by atoms with Crippen molar-refractivity contribution in [1.29, 1.82) is 0 Å². The Hall–Kier alpha value is -2.12. The highest BCUT2D eigenvalue weighted by Gasteiger charge is 2.18. The predicted octanol–water partition coefficient (Wildman–Crippen LogP) is -0.497. The molecule has 1 rings (SSSR count). The number of aliphatic hydroxyl groups excluding tert-OH is 2. The molecule has 0 radical (unpaired) electrons. The average molecular weight is 284 g/mol.